The number of hydrogen-bond donors (Lipinski definition) is 2. The number of nitrogens with zero attached hydrogens (tertiary/aromatic N) is 3. The summed E-state index contributed by atoms with van der Waals surface area (Å²) in [6.07, 6.45) is 0. The zero-order chi connectivity index (χ0) is 11.7. The molecule has 0 fully saturated rings. The maximum Gasteiger partial charge on any atom is 0.273 e. The summed E-state index contributed by atoms with van der Waals surface area (Å²) in [5.74, 6) is -0.656. The van der Waals surface area contributed by atoms with Crippen molar-refractivity contribution in [2.24, 2.45) is 5.73 Å². The van der Waals surface area contributed by atoms with Gasteiger partial charge in [-0.1, -0.05) is 28.9 Å². The minimum atomic E-state index is -0.726. The van der Waals surface area contributed by atoms with E-state index in [1.807, 2.05) is 0 Å². The van der Waals surface area contributed by atoms with Gasteiger partial charge in [0.1, 0.15) is 0 Å². The SMILES string of the molecule is NC(=O)c1nnn(-c2ccccc2Cl)c1N. The number of halogens is 1. The highest BCUT2D eigenvalue weighted by atomic mass is 35.5. The number of benzene rings is 1. The second-order valence-corrected chi connectivity index (χ2v) is 3.46. The fraction of sp³-hybridized carbons (Fsp3) is 0. The summed E-state index contributed by atoms with van der Waals surface area (Å²) < 4.78 is 1.27. The van der Waals surface area contributed by atoms with Crippen molar-refractivity contribution >= 4 is 23.3 Å². The largest absolute Gasteiger partial charge is 0.382 e. The molecule has 0 unspecified atom stereocenters. The van der Waals surface area contributed by atoms with Gasteiger partial charge in [-0.3, -0.25) is 4.79 Å². The van der Waals surface area contributed by atoms with Gasteiger partial charge in [0.2, 0.25) is 0 Å². The summed E-state index contributed by atoms with van der Waals surface area (Å²) in [6.45, 7) is 0. The van der Waals surface area contributed by atoms with Crippen LogP contribution in [-0.4, -0.2) is 20.9 Å². The fourth-order valence-corrected chi connectivity index (χ4v) is 1.48. The first-order valence-corrected chi connectivity index (χ1v) is 4.75. The Bertz CT molecular complexity index is 551. The van der Waals surface area contributed by atoms with Gasteiger partial charge in [0.05, 0.1) is 10.7 Å². The minimum Gasteiger partial charge on any atom is -0.382 e. The van der Waals surface area contributed by atoms with Gasteiger partial charge in [-0.15, -0.1) is 5.10 Å². The number of carbonyl (C=O) groups is 1. The lowest BCUT2D eigenvalue weighted by atomic mass is 10.3. The van der Waals surface area contributed by atoms with Gasteiger partial charge in [-0.2, -0.15) is 4.68 Å². The number of amides is 1. The lowest BCUT2D eigenvalue weighted by molar-refractivity contribution is 0.0996. The monoisotopic (exact) mass is 237 g/mol. The van der Waals surface area contributed by atoms with E-state index in [1.54, 1.807) is 24.3 Å². The van der Waals surface area contributed by atoms with Crippen LogP contribution in [0.1, 0.15) is 10.5 Å². The van der Waals surface area contributed by atoms with E-state index < -0.39 is 5.91 Å². The second kappa shape index (κ2) is 3.82. The first kappa shape index (κ1) is 10.4. The van der Waals surface area contributed by atoms with Crippen molar-refractivity contribution in [1.29, 1.82) is 0 Å². The highest BCUT2D eigenvalue weighted by Gasteiger charge is 2.16. The van der Waals surface area contributed by atoms with Crippen molar-refractivity contribution in [2.75, 3.05) is 5.73 Å². The number of rotatable bonds is 2. The van der Waals surface area contributed by atoms with E-state index >= 15 is 0 Å². The van der Waals surface area contributed by atoms with Gasteiger partial charge in [0.25, 0.3) is 5.91 Å². The molecule has 2 rings (SSSR count). The molecule has 6 nitrogen and oxygen atoms in total. The second-order valence-electron chi connectivity index (χ2n) is 3.05. The van der Waals surface area contributed by atoms with Crippen LogP contribution in [0.2, 0.25) is 5.02 Å². The van der Waals surface area contributed by atoms with Gasteiger partial charge < -0.3 is 11.5 Å². The maximum absolute atomic E-state index is 10.9. The average Bonchev–Trinajstić information content (AvgIpc) is 2.61. The van der Waals surface area contributed by atoms with E-state index in [9.17, 15) is 4.79 Å². The quantitative estimate of drug-likeness (QED) is 0.799. The Kier molecular flexibility index (Phi) is 2.49. The zero-order valence-electron chi connectivity index (χ0n) is 8.09. The number of primary amides is 1. The van der Waals surface area contributed by atoms with Gasteiger partial charge in [0.15, 0.2) is 11.5 Å². The topological polar surface area (TPSA) is 99.8 Å². The molecule has 0 saturated heterocycles. The van der Waals surface area contributed by atoms with Crippen molar-refractivity contribution in [3.05, 3.63) is 35.0 Å². The summed E-state index contributed by atoms with van der Waals surface area (Å²) in [5.41, 5.74) is 11.2. The Labute approximate surface area is 95.8 Å². The van der Waals surface area contributed by atoms with Crippen LogP contribution >= 0.6 is 11.6 Å². The molecule has 0 bridgehead atoms. The van der Waals surface area contributed by atoms with Crippen molar-refractivity contribution in [3.8, 4) is 5.69 Å². The maximum atomic E-state index is 10.9. The fourth-order valence-electron chi connectivity index (χ4n) is 1.27. The molecule has 1 aromatic carbocycles. The van der Waals surface area contributed by atoms with E-state index in [0.29, 0.717) is 10.7 Å². The molecule has 1 heterocycles. The number of hydrogen-bond acceptors (Lipinski definition) is 4. The Morgan fingerprint density at radius 2 is 2.06 bits per heavy atom. The van der Waals surface area contributed by atoms with Crippen molar-refractivity contribution in [3.63, 3.8) is 0 Å². The van der Waals surface area contributed by atoms with Crippen LogP contribution in [0.3, 0.4) is 0 Å². The Hall–Kier alpha value is -2.08. The summed E-state index contributed by atoms with van der Waals surface area (Å²) in [6, 6.07) is 6.93. The third-order valence-electron chi connectivity index (χ3n) is 2.02. The molecule has 0 saturated carbocycles. The molecule has 0 aliphatic rings. The van der Waals surface area contributed by atoms with E-state index in [0.717, 1.165) is 0 Å². The van der Waals surface area contributed by atoms with Crippen LogP contribution in [0.15, 0.2) is 24.3 Å². The first-order chi connectivity index (χ1) is 7.61. The Morgan fingerprint density at radius 3 is 2.62 bits per heavy atom. The van der Waals surface area contributed by atoms with Crippen molar-refractivity contribution in [2.45, 2.75) is 0 Å². The molecule has 0 atom stereocenters. The van der Waals surface area contributed by atoms with Gasteiger partial charge >= 0.3 is 0 Å². The highest BCUT2D eigenvalue weighted by Crippen LogP contribution is 2.22. The third kappa shape index (κ3) is 1.59. The lowest BCUT2D eigenvalue weighted by Gasteiger charge is -2.04. The van der Waals surface area contributed by atoms with Crippen molar-refractivity contribution in [1.82, 2.24) is 15.0 Å². The molecule has 7 heteroatoms. The number of nitrogens with two attached hydrogens (primary N) is 2. The summed E-state index contributed by atoms with van der Waals surface area (Å²) in [7, 11) is 0. The summed E-state index contributed by atoms with van der Waals surface area (Å²) >= 11 is 5.96. The van der Waals surface area contributed by atoms with E-state index in [1.165, 1.54) is 4.68 Å². The van der Waals surface area contributed by atoms with E-state index in [4.69, 9.17) is 23.1 Å². The minimum absolute atomic E-state index is 0.0695. The van der Waals surface area contributed by atoms with Crippen LogP contribution in [0.25, 0.3) is 5.69 Å². The first-order valence-electron chi connectivity index (χ1n) is 4.37. The molecule has 16 heavy (non-hydrogen) atoms. The normalized spacial score (nSPS) is 10.3. The number of nitrogen functional groups attached to an aromatic ring is 1. The van der Waals surface area contributed by atoms with Crippen LogP contribution in [0, 0.1) is 0 Å². The summed E-state index contributed by atoms with van der Waals surface area (Å²) in [4.78, 5) is 10.9. The van der Waals surface area contributed by atoms with E-state index in [2.05, 4.69) is 10.3 Å². The molecule has 82 valence electrons. The zero-order valence-corrected chi connectivity index (χ0v) is 8.85. The number of aromatic nitrogens is 3. The molecule has 1 aromatic heterocycles. The number of para-hydroxylation sites is 1. The molecule has 0 aliphatic carbocycles. The predicted molar refractivity (Wildman–Crippen MR) is 59.3 cm³/mol. The molecule has 2 aromatic rings. The van der Waals surface area contributed by atoms with Crippen LogP contribution in [0.5, 0.6) is 0 Å². The van der Waals surface area contributed by atoms with E-state index in [-0.39, 0.29) is 11.5 Å². The van der Waals surface area contributed by atoms with Crippen LogP contribution in [0.4, 0.5) is 5.82 Å². The van der Waals surface area contributed by atoms with Crippen LogP contribution < -0.4 is 11.5 Å². The standard InChI is InChI=1S/C9H8ClN5O/c10-5-3-1-2-4-6(5)15-8(11)7(9(12)16)13-14-15/h1-4H,11H2,(H2,12,16). The van der Waals surface area contributed by atoms with Crippen LogP contribution in [-0.2, 0) is 0 Å². The number of anilines is 1. The lowest BCUT2D eigenvalue weighted by Crippen LogP contribution is -2.14. The molecular formula is C9H8ClN5O. The molecule has 0 radical (unpaired) electrons. The molecule has 1 amide bonds. The van der Waals surface area contributed by atoms with Gasteiger partial charge in [-0.05, 0) is 12.1 Å². The Morgan fingerprint density at radius 1 is 1.38 bits per heavy atom. The third-order valence-corrected chi connectivity index (χ3v) is 2.34. The smallest absolute Gasteiger partial charge is 0.273 e. The van der Waals surface area contributed by atoms with Gasteiger partial charge in [-0.25, -0.2) is 0 Å². The highest BCUT2D eigenvalue weighted by molar-refractivity contribution is 6.32. The summed E-state index contributed by atoms with van der Waals surface area (Å²) in [5, 5.41) is 7.77. The van der Waals surface area contributed by atoms with Crippen molar-refractivity contribution < 1.29 is 4.79 Å². The van der Waals surface area contributed by atoms with Gasteiger partial charge in [0, 0.05) is 0 Å². The number of carbonyl (C=O) groups excluding carboxylic acids is 1. The molecule has 0 spiro atoms. The predicted octanol–water partition coefficient (Wildman–Crippen LogP) is 0.602. The average molecular weight is 238 g/mol. The molecular weight excluding hydrogens is 230 g/mol. The molecule has 0 aliphatic heterocycles. The molecule has 4 N–H and O–H groups in total. The Balaban J connectivity index is 2.58.